The number of aryl methyl sites for hydroxylation is 1. The highest BCUT2D eigenvalue weighted by Gasteiger charge is 2.14. The Balaban J connectivity index is 1.55. The number of aromatic nitrogens is 1. The topological polar surface area (TPSA) is 39.1 Å². The van der Waals surface area contributed by atoms with Gasteiger partial charge in [0.15, 0.2) is 11.6 Å². The van der Waals surface area contributed by atoms with Crippen molar-refractivity contribution in [2.75, 3.05) is 0 Å². The molecule has 162 valence electrons. The largest absolute Gasteiger partial charge is 0.341 e. The monoisotopic (exact) mass is 467 g/mol. The summed E-state index contributed by atoms with van der Waals surface area (Å²) in [6.45, 7) is 2.90. The zero-order valence-electron chi connectivity index (χ0n) is 18.0. The Kier molecular flexibility index (Phi) is 5.90. The van der Waals surface area contributed by atoms with Crippen LogP contribution in [0.25, 0.3) is 34.0 Å². The molecule has 0 bridgehead atoms. The molecule has 0 unspecified atom stereocenters. The highest BCUT2D eigenvalue weighted by molar-refractivity contribution is 7.11. The zero-order valence-corrected chi connectivity index (χ0v) is 19.7. The van der Waals surface area contributed by atoms with Crippen molar-refractivity contribution in [3.8, 4) is 0 Å². The Labute approximate surface area is 199 Å². The van der Waals surface area contributed by atoms with E-state index in [0.29, 0.717) is 11.1 Å². The highest BCUT2D eigenvalue weighted by atomic mass is 32.1. The third-order valence-electron chi connectivity index (χ3n) is 5.63. The first-order valence-electron chi connectivity index (χ1n) is 10.7. The Morgan fingerprint density at radius 3 is 1.64 bits per heavy atom. The lowest BCUT2D eigenvalue weighted by Gasteiger charge is -2.03. The predicted molar refractivity (Wildman–Crippen MR) is 140 cm³/mol. The van der Waals surface area contributed by atoms with Gasteiger partial charge in [-0.05, 0) is 90.5 Å². The SMILES string of the molecule is CCn1c2ccc(C(=O)C=Cc3cccs3)cc2c2cc(C(=O)C=Cc3cccs3)ccc21. The lowest BCUT2D eigenvalue weighted by Crippen LogP contribution is -1.96. The molecule has 0 aliphatic heterocycles. The molecule has 0 saturated carbocycles. The Morgan fingerprint density at radius 1 is 0.758 bits per heavy atom. The van der Waals surface area contributed by atoms with Crippen LogP contribution in [0.1, 0.15) is 37.4 Å². The first kappa shape index (κ1) is 21.3. The molecule has 0 radical (unpaired) electrons. The number of hydrogen-bond acceptors (Lipinski definition) is 4. The van der Waals surface area contributed by atoms with E-state index in [1.807, 2.05) is 83.6 Å². The molecule has 0 N–H and O–H groups in total. The summed E-state index contributed by atoms with van der Waals surface area (Å²) in [4.78, 5) is 27.7. The number of nitrogens with zero attached hydrogens (tertiary/aromatic N) is 1. The van der Waals surface area contributed by atoms with E-state index < -0.39 is 0 Å². The van der Waals surface area contributed by atoms with E-state index in [1.165, 1.54) is 0 Å². The van der Waals surface area contributed by atoms with Crippen molar-refractivity contribution in [3.05, 3.63) is 104 Å². The van der Waals surface area contributed by atoms with Gasteiger partial charge in [-0.15, -0.1) is 22.7 Å². The van der Waals surface area contributed by atoms with Gasteiger partial charge < -0.3 is 4.57 Å². The van der Waals surface area contributed by atoms with Gasteiger partial charge in [-0.2, -0.15) is 0 Å². The van der Waals surface area contributed by atoms with E-state index in [9.17, 15) is 9.59 Å². The normalized spacial score (nSPS) is 11.9. The van der Waals surface area contributed by atoms with Crippen LogP contribution in [-0.2, 0) is 6.54 Å². The minimum atomic E-state index is -0.0335. The average Bonchev–Trinajstić information content (AvgIpc) is 3.60. The number of carbonyl (C=O) groups is 2. The van der Waals surface area contributed by atoms with E-state index in [1.54, 1.807) is 34.8 Å². The quantitative estimate of drug-likeness (QED) is 0.181. The van der Waals surface area contributed by atoms with Gasteiger partial charge in [-0.1, -0.05) is 12.1 Å². The lowest BCUT2D eigenvalue weighted by molar-refractivity contribution is 0.104. The smallest absolute Gasteiger partial charge is 0.185 e. The number of hydrogen-bond donors (Lipinski definition) is 0. The molecule has 0 atom stereocenters. The number of thiophene rings is 2. The van der Waals surface area contributed by atoms with E-state index in [4.69, 9.17) is 0 Å². The van der Waals surface area contributed by atoms with Crippen LogP contribution < -0.4 is 0 Å². The van der Waals surface area contributed by atoms with Gasteiger partial charge in [0.25, 0.3) is 0 Å². The maximum atomic E-state index is 12.8. The Hall–Kier alpha value is -3.54. The van der Waals surface area contributed by atoms with Crippen LogP contribution in [0.3, 0.4) is 0 Å². The molecular weight excluding hydrogens is 446 g/mol. The van der Waals surface area contributed by atoms with Gasteiger partial charge in [0.2, 0.25) is 0 Å². The van der Waals surface area contributed by atoms with Crippen molar-refractivity contribution < 1.29 is 9.59 Å². The molecule has 0 fully saturated rings. The fourth-order valence-electron chi connectivity index (χ4n) is 4.03. The molecule has 3 aromatic heterocycles. The van der Waals surface area contributed by atoms with Gasteiger partial charge in [0.05, 0.1) is 0 Å². The third-order valence-corrected chi connectivity index (χ3v) is 7.31. The minimum Gasteiger partial charge on any atom is -0.341 e. The highest BCUT2D eigenvalue weighted by Crippen LogP contribution is 2.31. The van der Waals surface area contributed by atoms with E-state index in [2.05, 4.69) is 11.5 Å². The van der Waals surface area contributed by atoms with Crippen LogP contribution >= 0.6 is 22.7 Å². The van der Waals surface area contributed by atoms with Crippen LogP contribution in [0.5, 0.6) is 0 Å². The molecule has 0 saturated heterocycles. The maximum absolute atomic E-state index is 12.8. The first-order valence-corrected chi connectivity index (χ1v) is 12.5. The minimum absolute atomic E-state index is 0.0335. The first-order chi connectivity index (χ1) is 16.1. The summed E-state index contributed by atoms with van der Waals surface area (Å²) < 4.78 is 2.22. The molecule has 0 aliphatic carbocycles. The van der Waals surface area contributed by atoms with Crippen molar-refractivity contribution in [3.63, 3.8) is 0 Å². The summed E-state index contributed by atoms with van der Waals surface area (Å²) in [6, 6.07) is 19.6. The summed E-state index contributed by atoms with van der Waals surface area (Å²) >= 11 is 3.20. The van der Waals surface area contributed by atoms with E-state index in [0.717, 1.165) is 38.1 Å². The number of allylic oxidation sites excluding steroid dienone is 2. The molecule has 0 aliphatic rings. The van der Waals surface area contributed by atoms with Crippen molar-refractivity contribution in [2.24, 2.45) is 0 Å². The third kappa shape index (κ3) is 4.25. The molecule has 0 amide bonds. The van der Waals surface area contributed by atoms with Gasteiger partial charge in [-0.25, -0.2) is 0 Å². The van der Waals surface area contributed by atoms with Crippen LogP contribution in [0, 0.1) is 0 Å². The summed E-state index contributed by atoms with van der Waals surface area (Å²) in [5.74, 6) is -0.0670. The Morgan fingerprint density at radius 2 is 1.24 bits per heavy atom. The summed E-state index contributed by atoms with van der Waals surface area (Å²) in [7, 11) is 0. The van der Waals surface area contributed by atoms with Crippen LogP contribution in [0.15, 0.2) is 83.6 Å². The molecular formula is C28H21NO2S2. The number of benzene rings is 2. The van der Waals surface area contributed by atoms with E-state index in [-0.39, 0.29) is 11.6 Å². The molecule has 5 heteroatoms. The van der Waals surface area contributed by atoms with Crippen LogP contribution in [-0.4, -0.2) is 16.1 Å². The second-order valence-corrected chi connectivity index (χ2v) is 9.59. The van der Waals surface area contributed by atoms with Gasteiger partial charge in [0, 0.05) is 49.2 Å². The standard InChI is InChI=1S/C28H21NO2S2/c1-2-29-25-11-7-19(27(30)13-9-21-5-3-15-32-21)17-23(25)24-18-20(8-12-26(24)29)28(31)14-10-22-6-4-16-33-22/h3-18H,2H2,1H3. The van der Waals surface area contributed by atoms with Gasteiger partial charge in [0.1, 0.15) is 0 Å². The molecule has 5 aromatic rings. The lowest BCUT2D eigenvalue weighted by atomic mass is 10.0. The van der Waals surface area contributed by atoms with Crippen LogP contribution in [0.4, 0.5) is 0 Å². The number of rotatable bonds is 7. The molecule has 3 nitrogen and oxygen atoms in total. The number of carbonyl (C=O) groups excluding carboxylic acids is 2. The summed E-state index contributed by atoms with van der Waals surface area (Å²) in [6.07, 6.45) is 6.94. The van der Waals surface area contributed by atoms with Crippen molar-refractivity contribution in [1.82, 2.24) is 4.57 Å². The average molecular weight is 468 g/mol. The van der Waals surface area contributed by atoms with Crippen molar-refractivity contribution in [1.29, 1.82) is 0 Å². The number of fused-ring (bicyclic) bond motifs is 3. The van der Waals surface area contributed by atoms with Crippen molar-refractivity contribution >= 4 is 68.2 Å². The maximum Gasteiger partial charge on any atom is 0.185 e. The second-order valence-electron chi connectivity index (χ2n) is 7.63. The summed E-state index contributed by atoms with van der Waals surface area (Å²) in [5.41, 5.74) is 3.40. The van der Waals surface area contributed by atoms with Gasteiger partial charge >= 0.3 is 0 Å². The fraction of sp³-hybridized carbons (Fsp3) is 0.0714. The molecule has 0 spiro atoms. The van der Waals surface area contributed by atoms with Crippen LogP contribution in [0.2, 0.25) is 0 Å². The molecule has 5 rings (SSSR count). The molecule has 33 heavy (non-hydrogen) atoms. The van der Waals surface area contributed by atoms with E-state index >= 15 is 0 Å². The van der Waals surface area contributed by atoms with Crippen molar-refractivity contribution in [2.45, 2.75) is 13.5 Å². The summed E-state index contributed by atoms with van der Waals surface area (Å²) in [5, 5.41) is 5.95. The second kappa shape index (κ2) is 9.14. The fourth-order valence-corrected chi connectivity index (χ4v) is 5.27. The number of ketones is 2. The molecule has 2 aromatic carbocycles. The predicted octanol–water partition coefficient (Wildman–Crippen LogP) is 7.73. The Bertz CT molecular complexity index is 1400. The zero-order chi connectivity index (χ0) is 22.8. The van der Waals surface area contributed by atoms with Gasteiger partial charge in [-0.3, -0.25) is 9.59 Å². The molecule has 3 heterocycles.